The first-order valence-electron chi connectivity index (χ1n) is 6.92. The quantitative estimate of drug-likeness (QED) is 0.684. The minimum absolute atomic E-state index is 0.165. The maximum atomic E-state index is 12.4. The van der Waals surface area contributed by atoms with Gasteiger partial charge in [-0.05, 0) is 53.0 Å². The summed E-state index contributed by atoms with van der Waals surface area (Å²) in [5.74, 6) is 1.50. The van der Waals surface area contributed by atoms with Crippen molar-refractivity contribution in [1.82, 2.24) is 0 Å². The van der Waals surface area contributed by atoms with Gasteiger partial charge >= 0.3 is 0 Å². The normalized spacial score (nSPS) is 34.2. The number of carbonyl (C=O) groups is 1. The fraction of sp³-hybridized carbons (Fsp3) is 0.471. The van der Waals surface area contributed by atoms with E-state index in [-0.39, 0.29) is 11.3 Å². The SMILES string of the molecule is C[C@H]1C(=O)/C(=C/c2ccc(Cl)cc2)[C@@H]2C[C@H]1C2(C)C. The van der Waals surface area contributed by atoms with E-state index >= 15 is 0 Å². The van der Waals surface area contributed by atoms with Gasteiger partial charge in [0.25, 0.3) is 0 Å². The molecule has 3 aliphatic rings. The molecule has 0 radical (unpaired) electrons. The first kappa shape index (κ1) is 12.9. The minimum Gasteiger partial charge on any atom is -0.294 e. The monoisotopic (exact) mass is 274 g/mol. The molecule has 100 valence electrons. The smallest absolute Gasteiger partial charge is 0.162 e. The van der Waals surface area contributed by atoms with Gasteiger partial charge in [-0.2, -0.15) is 0 Å². The van der Waals surface area contributed by atoms with Crippen molar-refractivity contribution < 1.29 is 4.79 Å². The minimum atomic E-state index is 0.165. The van der Waals surface area contributed by atoms with E-state index in [2.05, 4.69) is 26.8 Å². The van der Waals surface area contributed by atoms with Crippen molar-refractivity contribution in [2.75, 3.05) is 0 Å². The lowest BCUT2D eigenvalue weighted by Crippen LogP contribution is -2.56. The van der Waals surface area contributed by atoms with Gasteiger partial charge in [0, 0.05) is 10.9 Å². The van der Waals surface area contributed by atoms with Crippen LogP contribution in [-0.4, -0.2) is 5.78 Å². The van der Waals surface area contributed by atoms with Gasteiger partial charge in [0.05, 0.1) is 0 Å². The average Bonchev–Trinajstić information content (AvgIpc) is 2.36. The fourth-order valence-electron chi connectivity index (χ4n) is 3.86. The molecule has 0 aromatic heterocycles. The van der Waals surface area contributed by atoms with Gasteiger partial charge < -0.3 is 0 Å². The summed E-state index contributed by atoms with van der Waals surface area (Å²) in [5.41, 5.74) is 2.36. The number of benzene rings is 1. The van der Waals surface area contributed by atoms with Gasteiger partial charge in [-0.3, -0.25) is 4.79 Å². The van der Waals surface area contributed by atoms with Gasteiger partial charge in [-0.15, -0.1) is 0 Å². The van der Waals surface area contributed by atoms with Crippen molar-refractivity contribution >= 4 is 23.5 Å². The van der Waals surface area contributed by atoms with Gasteiger partial charge in [-0.1, -0.05) is 44.5 Å². The van der Waals surface area contributed by atoms with Crippen LogP contribution in [0.25, 0.3) is 6.08 Å². The van der Waals surface area contributed by atoms with Crippen molar-refractivity contribution in [3.63, 3.8) is 0 Å². The van der Waals surface area contributed by atoms with Crippen molar-refractivity contribution in [3.8, 4) is 0 Å². The summed E-state index contributed by atoms with van der Waals surface area (Å²) >= 11 is 5.90. The fourth-order valence-corrected chi connectivity index (χ4v) is 3.99. The van der Waals surface area contributed by atoms with Crippen LogP contribution >= 0.6 is 11.6 Å². The standard InChI is InChI=1S/C17H19ClO/c1-10-14-9-15(17(14,2)3)13(16(10)19)8-11-4-6-12(18)7-5-11/h4-8,10,14-15H,9H2,1-3H3/b13-8+/t10-,14-,15+/m1/s1. The van der Waals surface area contributed by atoms with Crippen molar-refractivity contribution in [2.45, 2.75) is 27.2 Å². The number of hydrogen-bond donors (Lipinski definition) is 0. The zero-order valence-corrected chi connectivity index (χ0v) is 12.4. The van der Waals surface area contributed by atoms with Gasteiger partial charge in [0.15, 0.2) is 5.78 Å². The molecule has 1 nitrogen and oxygen atoms in total. The average molecular weight is 275 g/mol. The lowest BCUT2D eigenvalue weighted by atomic mass is 9.44. The van der Waals surface area contributed by atoms with Gasteiger partial charge in [0.1, 0.15) is 0 Å². The zero-order chi connectivity index (χ0) is 13.8. The summed E-state index contributed by atoms with van der Waals surface area (Å²) in [6, 6.07) is 7.70. The van der Waals surface area contributed by atoms with E-state index in [9.17, 15) is 4.79 Å². The Hall–Kier alpha value is -1.08. The van der Waals surface area contributed by atoms with Crippen LogP contribution in [0.5, 0.6) is 0 Å². The molecule has 0 aliphatic heterocycles. The Labute approximate surface area is 119 Å². The van der Waals surface area contributed by atoms with Crippen LogP contribution in [0.4, 0.5) is 0 Å². The topological polar surface area (TPSA) is 17.1 Å². The van der Waals surface area contributed by atoms with Crippen LogP contribution in [0.2, 0.25) is 5.02 Å². The highest BCUT2D eigenvalue weighted by Crippen LogP contribution is 2.62. The highest BCUT2D eigenvalue weighted by molar-refractivity contribution is 6.30. The third-order valence-electron chi connectivity index (χ3n) is 5.21. The zero-order valence-electron chi connectivity index (χ0n) is 11.6. The number of ketones is 1. The molecule has 2 bridgehead atoms. The van der Waals surface area contributed by atoms with E-state index in [4.69, 9.17) is 11.6 Å². The number of rotatable bonds is 1. The highest BCUT2D eigenvalue weighted by Gasteiger charge is 2.58. The van der Waals surface area contributed by atoms with Crippen LogP contribution < -0.4 is 0 Å². The van der Waals surface area contributed by atoms with E-state index in [1.807, 2.05) is 24.3 Å². The van der Waals surface area contributed by atoms with Crippen molar-refractivity contribution in [1.29, 1.82) is 0 Å². The van der Waals surface area contributed by atoms with E-state index in [0.29, 0.717) is 17.6 Å². The number of hydrogen-bond acceptors (Lipinski definition) is 1. The summed E-state index contributed by atoms with van der Waals surface area (Å²) in [5, 5.41) is 0.731. The number of halogens is 1. The molecule has 0 amide bonds. The molecule has 3 fully saturated rings. The largest absolute Gasteiger partial charge is 0.294 e. The first-order valence-corrected chi connectivity index (χ1v) is 7.30. The second-order valence-corrected chi connectivity index (χ2v) is 6.96. The van der Waals surface area contributed by atoms with Crippen LogP contribution in [-0.2, 0) is 4.79 Å². The molecule has 0 saturated heterocycles. The summed E-state index contributed by atoms with van der Waals surface area (Å²) in [4.78, 5) is 12.4. The maximum Gasteiger partial charge on any atom is 0.162 e. The lowest BCUT2D eigenvalue weighted by Gasteiger charge is -2.59. The molecule has 2 heteroatoms. The number of allylic oxidation sites excluding steroid dienone is 1. The van der Waals surface area contributed by atoms with Crippen molar-refractivity contribution in [2.24, 2.45) is 23.2 Å². The van der Waals surface area contributed by atoms with Crippen LogP contribution in [0.3, 0.4) is 0 Å². The molecule has 3 aliphatic carbocycles. The molecule has 0 spiro atoms. The van der Waals surface area contributed by atoms with Crippen LogP contribution in [0.15, 0.2) is 29.8 Å². The summed E-state index contributed by atoms with van der Waals surface area (Å²) in [7, 11) is 0. The van der Waals surface area contributed by atoms with Crippen LogP contribution in [0, 0.1) is 23.2 Å². The molecule has 3 atom stereocenters. The first-order chi connectivity index (χ1) is 8.91. The third kappa shape index (κ3) is 1.87. The lowest BCUT2D eigenvalue weighted by molar-refractivity contribution is -0.139. The molecule has 19 heavy (non-hydrogen) atoms. The Morgan fingerprint density at radius 3 is 2.47 bits per heavy atom. The Kier molecular flexibility index (Phi) is 2.86. The predicted molar refractivity (Wildman–Crippen MR) is 79.0 cm³/mol. The molecule has 4 rings (SSSR count). The number of Topliss-reactive ketones (excluding diaryl/α,β-unsaturated/α-hetero) is 1. The van der Waals surface area contributed by atoms with E-state index in [0.717, 1.165) is 16.2 Å². The molecule has 3 saturated carbocycles. The van der Waals surface area contributed by atoms with E-state index < -0.39 is 0 Å². The predicted octanol–water partition coefficient (Wildman–Crippen LogP) is 4.60. The second-order valence-electron chi connectivity index (χ2n) is 6.52. The molecule has 0 N–H and O–H groups in total. The molecular formula is C17H19ClO. The Morgan fingerprint density at radius 2 is 1.89 bits per heavy atom. The van der Waals surface area contributed by atoms with E-state index in [1.165, 1.54) is 6.42 Å². The second kappa shape index (κ2) is 4.21. The molecule has 1 aromatic rings. The Balaban J connectivity index is 1.99. The highest BCUT2D eigenvalue weighted by atomic mass is 35.5. The summed E-state index contributed by atoms with van der Waals surface area (Å²) in [6.07, 6.45) is 3.23. The number of carbonyl (C=O) groups excluding carboxylic acids is 1. The van der Waals surface area contributed by atoms with Crippen molar-refractivity contribution in [3.05, 3.63) is 40.4 Å². The molecular weight excluding hydrogens is 256 g/mol. The summed E-state index contributed by atoms with van der Waals surface area (Å²) < 4.78 is 0. The van der Waals surface area contributed by atoms with Gasteiger partial charge in [-0.25, -0.2) is 0 Å². The molecule has 0 heterocycles. The molecule has 1 aromatic carbocycles. The van der Waals surface area contributed by atoms with E-state index in [1.54, 1.807) is 0 Å². The third-order valence-corrected chi connectivity index (χ3v) is 5.46. The van der Waals surface area contributed by atoms with Crippen LogP contribution in [0.1, 0.15) is 32.8 Å². The molecule has 0 unspecified atom stereocenters. The maximum absolute atomic E-state index is 12.4. The number of fused-ring (bicyclic) bond motifs is 2. The summed E-state index contributed by atoms with van der Waals surface area (Å²) in [6.45, 7) is 6.68. The Morgan fingerprint density at radius 1 is 1.26 bits per heavy atom. The van der Waals surface area contributed by atoms with Gasteiger partial charge in [0.2, 0.25) is 0 Å². The Bertz CT molecular complexity index is 553.